The summed E-state index contributed by atoms with van der Waals surface area (Å²) in [5, 5.41) is 16.3. The molecule has 0 aliphatic carbocycles. The monoisotopic (exact) mass is 229 g/mol. The summed E-state index contributed by atoms with van der Waals surface area (Å²) < 4.78 is 8.74. The van der Waals surface area contributed by atoms with Crippen molar-refractivity contribution in [2.75, 3.05) is 0 Å². The molecule has 84 valence electrons. The molecule has 14 heavy (non-hydrogen) atoms. The summed E-state index contributed by atoms with van der Waals surface area (Å²) in [6.07, 6.45) is -0.224. The highest BCUT2D eigenvalue weighted by molar-refractivity contribution is 7.30. The lowest BCUT2D eigenvalue weighted by Crippen LogP contribution is -2.30. The Balaban J connectivity index is 0. The third-order valence-corrected chi connectivity index (χ3v) is 0.986. The van der Waals surface area contributed by atoms with E-state index in [4.69, 9.17) is 30.3 Å². The van der Waals surface area contributed by atoms with Crippen LogP contribution in [0.1, 0.15) is 12.8 Å². The molecule has 0 saturated carbocycles. The zero-order chi connectivity index (χ0) is 11.7. The van der Waals surface area contributed by atoms with E-state index in [1.54, 1.807) is 0 Å². The predicted molar refractivity (Wildman–Crippen MR) is 45.9 cm³/mol. The van der Waals surface area contributed by atoms with Crippen LogP contribution in [0.2, 0.25) is 0 Å². The van der Waals surface area contributed by atoms with Gasteiger partial charge in [-0.2, -0.15) is 0 Å². The van der Waals surface area contributed by atoms with Gasteiger partial charge < -0.3 is 25.7 Å². The van der Waals surface area contributed by atoms with Crippen LogP contribution < -0.4 is 5.73 Å². The molecule has 6 N–H and O–H groups in total. The molecule has 0 aromatic carbocycles. The Morgan fingerprint density at radius 2 is 1.64 bits per heavy atom. The zero-order valence-corrected chi connectivity index (χ0v) is 8.08. The maximum atomic E-state index is 9.99. The molecule has 0 amide bonds. The number of hydrogen-bond donors (Lipinski definition) is 5. The van der Waals surface area contributed by atoms with Crippen molar-refractivity contribution in [3.63, 3.8) is 0 Å². The molecule has 0 radical (unpaired) electrons. The number of carboxylic acids is 2. The number of hydrogen-bond acceptors (Lipinski definition) is 4. The first kappa shape index (κ1) is 15.5. The fourth-order valence-corrected chi connectivity index (χ4v) is 0.402. The van der Waals surface area contributed by atoms with Gasteiger partial charge in [0.15, 0.2) is 0 Å². The Morgan fingerprint density at radius 1 is 1.29 bits per heavy atom. The van der Waals surface area contributed by atoms with Crippen molar-refractivity contribution < 1.29 is 34.2 Å². The second-order valence-electron chi connectivity index (χ2n) is 2.16. The van der Waals surface area contributed by atoms with E-state index in [1.165, 1.54) is 0 Å². The van der Waals surface area contributed by atoms with Crippen LogP contribution in [-0.4, -0.2) is 38.0 Å². The molecule has 0 aromatic heterocycles. The van der Waals surface area contributed by atoms with Crippen LogP contribution in [0.3, 0.4) is 0 Å². The van der Waals surface area contributed by atoms with Crippen LogP contribution >= 0.6 is 8.25 Å². The standard InChI is InChI=1S/C5H9NO4.H3O3P/c6-3(5(9)10)1-2-4(7)8;1-4(2)3/h3H,1-2,6H2,(H,7,8)(H,9,10);4H,(H2,1,2,3). The van der Waals surface area contributed by atoms with Crippen molar-refractivity contribution in [2.24, 2.45) is 5.73 Å². The quantitative estimate of drug-likeness (QED) is 0.369. The third-order valence-electron chi connectivity index (χ3n) is 0.986. The molecule has 8 nitrogen and oxygen atoms in total. The molecule has 0 bridgehead atoms. The van der Waals surface area contributed by atoms with Gasteiger partial charge in [-0.3, -0.25) is 14.2 Å². The number of nitrogens with two attached hydrogens (primary N) is 1. The molecule has 0 heterocycles. The Morgan fingerprint density at radius 3 is 1.86 bits per heavy atom. The zero-order valence-electron chi connectivity index (χ0n) is 7.08. The van der Waals surface area contributed by atoms with E-state index in [2.05, 4.69) is 0 Å². The molecular formula is C5H12NO7P. The minimum Gasteiger partial charge on any atom is -0.481 e. The van der Waals surface area contributed by atoms with Gasteiger partial charge in [-0.15, -0.1) is 0 Å². The first-order valence-corrected chi connectivity index (χ1v) is 4.69. The molecule has 1 atom stereocenters. The molecule has 0 saturated heterocycles. The summed E-state index contributed by atoms with van der Waals surface area (Å²) in [4.78, 5) is 34.2. The van der Waals surface area contributed by atoms with Crippen molar-refractivity contribution in [3.05, 3.63) is 0 Å². The molecule has 0 aliphatic heterocycles. The number of aliphatic carboxylic acids is 2. The van der Waals surface area contributed by atoms with E-state index in [-0.39, 0.29) is 12.8 Å². The Hall–Kier alpha value is -0.950. The maximum absolute atomic E-state index is 9.99. The summed E-state index contributed by atoms with van der Waals surface area (Å²) in [7, 11) is -3.13. The average molecular weight is 229 g/mol. The Bertz CT molecular complexity index is 214. The highest BCUT2D eigenvalue weighted by Crippen LogP contribution is 1.98. The summed E-state index contributed by atoms with van der Waals surface area (Å²) in [5.74, 6) is -2.20. The Labute approximate surface area is 79.9 Å². The molecule has 0 aliphatic rings. The normalized spacial score (nSPS) is 11.4. The van der Waals surface area contributed by atoms with Crippen LogP contribution in [0.15, 0.2) is 0 Å². The smallest absolute Gasteiger partial charge is 0.320 e. The largest absolute Gasteiger partial charge is 0.481 e. The fraction of sp³-hybridized carbons (Fsp3) is 0.600. The average Bonchev–Trinajstić information content (AvgIpc) is 1.98. The lowest BCUT2D eigenvalue weighted by atomic mass is 10.2. The first-order chi connectivity index (χ1) is 6.27. The lowest BCUT2D eigenvalue weighted by molar-refractivity contribution is -0.139. The van der Waals surface area contributed by atoms with Gasteiger partial charge in [-0.1, -0.05) is 0 Å². The van der Waals surface area contributed by atoms with Crippen LogP contribution in [0, 0.1) is 0 Å². The topological polar surface area (TPSA) is 158 Å². The van der Waals surface area contributed by atoms with Gasteiger partial charge in [0.25, 0.3) is 0 Å². The molecule has 9 heteroatoms. The van der Waals surface area contributed by atoms with E-state index in [0.29, 0.717) is 0 Å². The van der Waals surface area contributed by atoms with Crippen molar-refractivity contribution in [1.82, 2.24) is 0 Å². The van der Waals surface area contributed by atoms with Crippen molar-refractivity contribution in [1.29, 1.82) is 0 Å². The van der Waals surface area contributed by atoms with Crippen LogP contribution in [0.25, 0.3) is 0 Å². The van der Waals surface area contributed by atoms with Crippen molar-refractivity contribution in [2.45, 2.75) is 18.9 Å². The van der Waals surface area contributed by atoms with Gasteiger partial charge in [-0.05, 0) is 6.42 Å². The van der Waals surface area contributed by atoms with Gasteiger partial charge >= 0.3 is 20.2 Å². The van der Waals surface area contributed by atoms with E-state index in [9.17, 15) is 9.59 Å². The highest BCUT2D eigenvalue weighted by atomic mass is 31.1. The molecular weight excluding hydrogens is 217 g/mol. The van der Waals surface area contributed by atoms with Crippen molar-refractivity contribution >= 4 is 20.2 Å². The number of carbonyl (C=O) groups is 2. The third kappa shape index (κ3) is 17.2. The second-order valence-corrected chi connectivity index (χ2v) is 2.72. The van der Waals surface area contributed by atoms with Gasteiger partial charge in [0.2, 0.25) is 0 Å². The van der Waals surface area contributed by atoms with Gasteiger partial charge in [-0.25, -0.2) is 0 Å². The van der Waals surface area contributed by atoms with Crippen LogP contribution in [0.5, 0.6) is 0 Å². The summed E-state index contributed by atoms with van der Waals surface area (Å²) >= 11 is 0. The predicted octanol–water partition coefficient (Wildman–Crippen LogP) is -1.38. The molecule has 1 unspecified atom stereocenters. The van der Waals surface area contributed by atoms with E-state index < -0.39 is 26.2 Å². The maximum Gasteiger partial charge on any atom is 0.320 e. The van der Waals surface area contributed by atoms with Gasteiger partial charge in [0, 0.05) is 6.42 Å². The molecule has 0 spiro atoms. The molecule has 0 aromatic rings. The van der Waals surface area contributed by atoms with Crippen molar-refractivity contribution in [3.8, 4) is 0 Å². The SMILES string of the molecule is NC(CCC(=O)O)C(=O)O.O=[PH](O)O. The molecule has 0 fully saturated rings. The fourth-order valence-electron chi connectivity index (χ4n) is 0.402. The first-order valence-electron chi connectivity index (χ1n) is 3.39. The highest BCUT2D eigenvalue weighted by Gasteiger charge is 2.12. The van der Waals surface area contributed by atoms with Crippen LogP contribution in [0.4, 0.5) is 0 Å². The summed E-state index contributed by atoms with van der Waals surface area (Å²) in [5.41, 5.74) is 5.00. The minimum atomic E-state index is -3.13. The Kier molecular flexibility index (Phi) is 9.58. The van der Waals surface area contributed by atoms with E-state index >= 15 is 0 Å². The summed E-state index contributed by atoms with van der Waals surface area (Å²) in [6.45, 7) is 0. The minimum absolute atomic E-state index is 0.0231. The van der Waals surface area contributed by atoms with Gasteiger partial charge in [0.1, 0.15) is 6.04 Å². The lowest BCUT2D eigenvalue weighted by Gasteiger charge is -2.01. The van der Waals surface area contributed by atoms with E-state index in [0.717, 1.165) is 0 Å². The van der Waals surface area contributed by atoms with E-state index in [1.807, 2.05) is 0 Å². The summed E-state index contributed by atoms with van der Waals surface area (Å²) in [6, 6.07) is -1.06. The molecule has 0 rings (SSSR count). The number of carboxylic acid groups (broad SMARTS) is 2. The number of rotatable bonds is 4. The van der Waals surface area contributed by atoms with Crippen LogP contribution in [-0.2, 0) is 14.2 Å². The second kappa shape index (κ2) is 8.64. The van der Waals surface area contributed by atoms with Gasteiger partial charge in [0.05, 0.1) is 0 Å².